The molecular weight excluding hydrogens is 369 g/mol. The Morgan fingerprint density at radius 2 is 2.14 bits per heavy atom. The van der Waals surface area contributed by atoms with Gasteiger partial charge in [-0.25, -0.2) is 0 Å². The van der Waals surface area contributed by atoms with E-state index in [2.05, 4.69) is 5.32 Å². The number of ether oxygens (including phenoxy) is 2. The summed E-state index contributed by atoms with van der Waals surface area (Å²) in [7, 11) is 1.58. The third kappa shape index (κ3) is 4.20. The first-order valence-corrected chi connectivity index (χ1v) is 8.71. The van der Waals surface area contributed by atoms with Crippen LogP contribution in [-0.4, -0.2) is 49.1 Å². The molecule has 0 aromatic heterocycles. The second kappa shape index (κ2) is 8.66. The number of rotatable bonds is 6. The second-order valence-corrected chi connectivity index (χ2v) is 6.21. The Kier molecular flexibility index (Phi) is 6.05. The number of hydrogen-bond donors (Lipinski definition) is 1. The number of nitro groups is 1. The van der Waals surface area contributed by atoms with Crippen LogP contribution >= 0.6 is 0 Å². The van der Waals surface area contributed by atoms with E-state index in [0.29, 0.717) is 25.4 Å². The smallest absolute Gasteiger partial charge is 0.305 e. The summed E-state index contributed by atoms with van der Waals surface area (Å²) < 4.78 is 24.5. The van der Waals surface area contributed by atoms with Crippen LogP contribution in [0.1, 0.15) is 11.6 Å². The maximum Gasteiger partial charge on any atom is 0.305 e. The summed E-state index contributed by atoms with van der Waals surface area (Å²) in [6, 6.07) is 10.4. The summed E-state index contributed by atoms with van der Waals surface area (Å²) in [6.07, 6.45) is 0. The van der Waals surface area contributed by atoms with Crippen molar-refractivity contribution in [1.82, 2.24) is 10.2 Å². The van der Waals surface area contributed by atoms with E-state index in [9.17, 15) is 19.3 Å². The van der Waals surface area contributed by atoms with Crippen molar-refractivity contribution in [3.8, 4) is 11.5 Å². The molecule has 0 bridgehead atoms. The Morgan fingerprint density at radius 1 is 1.36 bits per heavy atom. The summed E-state index contributed by atoms with van der Waals surface area (Å²) >= 11 is 0. The van der Waals surface area contributed by atoms with E-state index >= 15 is 0 Å². The minimum absolute atomic E-state index is 0.0560. The van der Waals surface area contributed by atoms with Crippen LogP contribution in [0.2, 0.25) is 0 Å². The van der Waals surface area contributed by atoms with Crippen LogP contribution in [0.5, 0.6) is 11.5 Å². The number of carbonyl (C=O) groups is 1. The van der Waals surface area contributed by atoms with Gasteiger partial charge in [0.1, 0.15) is 11.5 Å². The molecule has 1 atom stereocenters. The third-order valence-electron chi connectivity index (χ3n) is 4.54. The van der Waals surface area contributed by atoms with Crippen LogP contribution < -0.4 is 14.8 Å². The highest BCUT2D eigenvalue weighted by molar-refractivity contribution is 5.78. The van der Waals surface area contributed by atoms with Crippen LogP contribution in [0.3, 0.4) is 0 Å². The van der Waals surface area contributed by atoms with Crippen molar-refractivity contribution in [3.63, 3.8) is 0 Å². The SMILES string of the molecule is COc1ccccc1C1CNCCN1C(=O)COc1ccc([N+](=O)[O-])c(F)c1. The molecule has 2 aromatic rings. The molecule has 1 fully saturated rings. The predicted molar refractivity (Wildman–Crippen MR) is 98.9 cm³/mol. The van der Waals surface area contributed by atoms with Crippen molar-refractivity contribution < 1.29 is 23.6 Å². The molecule has 1 aliphatic rings. The van der Waals surface area contributed by atoms with E-state index in [-0.39, 0.29) is 24.3 Å². The average Bonchev–Trinajstić information content (AvgIpc) is 2.71. The van der Waals surface area contributed by atoms with Gasteiger partial charge in [-0.1, -0.05) is 18.2 Å². The fourth-order valence-corrected chi connectivity index (χ4v) is 3.18. The Balaban J connectivity index is 1.71. The van der Waals surface area contributed by atoms with Crippen molar-refractivity contribution >= 4 is 11.6 Å². The van der Waals surface area contributed by atoms with Gasteiger partial charge >= 0.3 is 5.69 Å². The van der Waals surface area contributed by atoms with Crippen LogP contribution in [0.25, 0.3) is 0 Å². The highest BCUT2D eigenvalue weighted by atomic mass is 19.1. The molecule has 1 saturated heterocycles. The summed E-state index contributed by atoms with van der Waals surface area (Å²) in [5, 5.41) is 13.9. The first kappa shape index (κ1) is 19.6. The Hall–Kier alpha value is -3.20. The molecule has 1 aliphatic heterocycles. The molecule has 8 nitrogen and oxygen atoms in total. The van der Waals surface area contributed by atoms with Crippen LogP contribution in [-0.2, 0) is 4.79 Å². The fourth-order valence-electron chi connectivity index (χ4n) is 3.18. The number of amides is 1. The molecule has 148 valence electrons. The standard InChI is InChI=1S/C19H20FN3O5/c1-27-18-5-3-2-4-14(18)17-11-21-8-9-22(17)19(24)12-28-13-6-7-16(23(25)26)15(20)10-13/h2-7,10,17,21H,8-9,11-12H2,1H3. The summed E-state index contributed by atoms with van der Waals surface area (Å²) in [5.74, 6) is -0.534. The zero-order valence-corrected chi connectivity index (χ0v) is 15.3. The number of halogens is 1. The van der Waals surface area contributed by atoms with Gasteiger partial charge in [-0.05, 0) is 12.1 Å². The van der Waals surface area contributed by atoms with Crippen molar-refractivity contribution in [2.24, 2.45) is 0 Å². The number of methoxy groups -OCH3 is 1. The van der Waals surface area contributed by atoms with Gasteiger partial charge in [-0.3, -0.25) is 14.9 Å². The zero-order chi connectivity index (χ0) is 20.1. The molecule has 0 radical (unpaired) electrons. The van der Waals surface area contributed by atoms with E-state index in [1.54, 1.807) is 12.0 Å². The number of nitrogens with zero attached hydrogens (tertiary/aromatic N) is 2. The number of para-hydroxylation sites is 1. The maximum absolute atomic E-state index is 13.7. The lowest BCUT2D eigenvalue weighted by Crippen LogP contribution is -2.50. The van der Waals surface area contributed by atoms with Crippen molar-refractivity contribution in [3.05, 3.63) is 64.0 Å². The minimum Gasteiger partial charge on any atom is -0.496 e. The molecular formula is C19H20FN3O5. The van der Waals surface area contributed by atoms with Crippen LogP contribution in [0.4, 0.5) is 10.1 Å². The Labute approximate surface area is 161 Å². The quantitative estimate of drug-likeness (QED) is 0.602. The summed E-state index contributed by atoms with van der Waals surface area (Å²) in [5.41, 5.74) is 0.240. The minimum atomic E-state index is -1.01. The van der Waals surface area contributed by atoms with Gasteiger partial charge in [-0.2, -0.15) is 4.39 Å². The molecule has 0 aliphatic carbocycles. The monoisotopic (exact) mass is 389 g/mol. The molecule has 1 N–H and O–H groups in total. The van der Waals surface area contributed by atoms with Crippen molar-refractivity contribution in [2.75, 3.05) is 33.4 Å². The van der Waals surface area contributed by atoms with Gasteiger partial charge in [0.2, 0.25) is 5.82 Å². The molecule has 9 heteroatoms. The average molecular weight is 389 g/mol. The first-order chi connectivity index (χ1) is 13.5. The number of nitro benzene ring substituents is 1. The molecule has 1 heterocycles. The maximum atomic E-state index is 13.7. The number of piperazine rings is 1. The summed E-state index contributed by atoms with van der Waals surface area (Å²) in [6.45, 7) is 1.39. The number of carbonyl (C=O) groups excluding carboxylic acids is 1. The van der Waals surface area contributed by atoms with Crippen molar-refractivity contribution in [1.29, 1.82) is 0 Å². The van der Waals surface area contributed by atoms with E-state index in [0.717, 1.165) is 17.7 Å². The molecule has 0 saturated carbocycles. The van der Waals surface area contributed by atoms with Gasteiger partial charge in [0.15, 0.2) is 6.61 Å². The molecule has 28 heavy (non-hydrogen) atoms. The van der Waals surface area contributed by atoms with Gasteiger partial charge in [0.05, 0.1) is 18.1 Å². The summed E-state index contributed by atoms with van der Waals surface area (Å²) in [4.78, 5) is 24.3. The van der Waals surface area contributed by atoms with Crippen LogP contribution in [0, 0.1) is 15.9 Å². The normalized spacial score (nSPS) is 16.5. The van der Waals surface area contributed by atoms with Gasteiger partial charge in [0.25, 0.3) is 5.91 Å². The predicted octanol–water partition coefficient (Wildman–Crippen LogP) is 2.29. The third-order valence-corrected chi connectivity index (χ3v) is 4.54. The molecule has 2 aromatic carbocycles. The van der Waals surface area contributed by atoms with Crippen LogP contribution in [0.15, 0.2) is 42.5 Å². The van der Waals surface area contributed by atoms with Gasteiger partial charge in [-0.15, -0.1) is 0 Å². The Morgan fingerprint density at radius 3 is 2.86 bits per heavy atom. The van der Waals surface area contributed by atoms with E-state index in [1.165, 1.54) is 6.07 Å². The topological polar surface area (TPSA) is 93.9 Å². The van der Waals surface area contributed by atoms with E-state index < -0.39 is 16.4 Å². The number of hydrogen-bond acceptors (Lipinski definition) is 6. The molecule has 1 unspecified atom stereocenters. The van der Waals surface area contributed by atoms with Gasteiger partial charge < -0.3 is 19.7 Å². The molecule has 3 rings (SSSR count). The van der Waals surface area contributed by atoms with E-state index in [4.69, 9.17) is 9.47 Å². The highest BCUT2D eigenvalue weighted by Gasteiger charge is 2.30. The van der Waals surface area contributed by atoms with Crippen molar-refractivity contribution in [2.45, 2.75) is 6.04 Å². The second-order valence-electron chi connectivity index (χ2n) is 6.21. The largest absolute Gasteiger partial charge is 0.496 e. The lowest BCUT2D eigenvalue weighted by atomic mass is 10.0. The lowest BCUT2D eigenvalue weighted by molar-refractivity contribution is -0.387. The first-order valence-electron chi connectivity index (χ1n) is 8.71. The van der Waals surface area contributed by atoms with Gasteiger partial charge in [0, 0.05) is 37.3 Å². The molecule has 0 spiro atoms. The fraction of sp³-hybridized carbons (Fsp3) is 0.316. The highest BCUT2D eigenvalue weighted by Crippen LogP contribution is 2.30. The Bertz CT molecular complexity index is 876. The number of benzene rings is 2. The number of nitrogens with one attached hydrogen (secondary N) is 1. The zero-order valence-electron chi connectivity index (χ0n) is 15.3. The molecule has 1 amide bonds. The van der Waals surface area contributed by atoms with E-state index in [1.807, 2.05) is 24.3 Å². The lowest BCUT2D eigenvalue weighted by Gasteiger charge is -2.37.